The van der Waals surface area contributed by atoms with Gasteiger partial charge in [0.2, 0.25) is 0 Å². The van der Waals surface area contributed by atoms with Crippen LogP contribution in [0.3, 0.4) is 0 Å². The van der Waals surface area contributed by atoms with E-state index in [0.29, 0.717) is 12.3 Å². The number of likely N-dealkylation sites (tertiary alicyclic amines) is 1. The number of pyridine rings is 1. The highest BCUT2D eigenvalue weighted by Gasteiger charge is 2.36. The van der Waals surface area contributed by atoms with Crippen molar-refractivity contribution in [2.45, 2.75) is 76.4 Å². The molecule has 3 aliphatic rings. The monoisotopic (exact) mass is 507 g/mol. The molecule has 200 valence electrons. The minimum Gasteiger partial charge on any atom is -0.496 e. The largest absolute Gasteiger partial charge is 0.496 e. The summed E-state index contributed by atoms with van der Waals surface area (Å²) in [5.74, 6) is 1.65. The number of carboxylic acids is 1. The highest BCUT2D eigenvalue weighted by molar-refractivity contribution is 5.77. The van der Waals surface area contributed by atoms with E-state index in [4.69, 9.17) is 14.5 Å². The smallest absolute Gasteiger partial charge is 0.325 e. The number of ether oxygens (including phenoxy) is 2. The molecule has 0 unspecified atom stereocenters. The fourth-order valence-electron chi connectivity index (χ4n) is 5.73. The van der Waals surface area contributed by atoms with Gasteiger partial charge in [-0.2, -0.15) is 0 Å². The Kier molecular flexibility index (Phi) is 8.62. The number of anilines is 1. The number of carboxylic acid groups (broad SMARTS) is 1. The summed E-state index contributed by atoms with van der Waals surface area (Å²) in [5.41, 5.74) is 4.47. The molecule has 2 N–H and O–H groups in total. The van der Waals surface area contributed by atoms with Gasteiger partial charge in [-0.15, -0.1) is 0 Å². The van der Waals surface area contributed by atoms with E-state index in [1.807, 2.05) is 11.0 Å². The molecule has 37 heavy (non-hydrogen) atoms. The lowest BCUT2D eigenvalue weighted by atomic mass is 9.99. The molecule has 7 nitrogen and oxygen atoms in total. The molecule has 2 fully saturated rings. The number of unbranched alkanes of at least 4 members (excludes halogenated alkanes) is 2. The summed E-state index contributed by atoms with van der Waals surface area (Å²) < 4.78 is 11.7. The van der Waals surface area contributed by atoms with E-state index >= 15 is 0 Å². The molecule has 1 saturated carbocycles. The third kappa shape index (κ3) is 6.82. The van der Waals surface area contributed by atoms with Crippen molar-refractivity contribution in [3.63, 3.8) is 0 Å². The van der Waals surface area contributed by atoms with Crippen molar-refractivity contribution >= 4 is 11.8 Å². The van der Waals surface area contributed by atoms with Crippen molar-refractivity contribution in [3.8, 4) is 5.75 Å². The minimum absolute atomic E-state index is 0.0795. The Labute approximate surface area is 220 Å². The molecule has 7 heteroatoms. The Bertz CT molecular complexity index is 1070. The molecular formula is C30H41N3O4. The number of methoxy groups -OCH3 is 1. The number of aliphatic carboxylic acids is 1. The van der Waals surface area contributed by atoms with E-state index in [1.54, 1.807) is 7.11 Å². The molecule has 1 aromatic heterocycles. The van der Waals surface area contributed by atoms with Crippen molar-refractivity contribution in [3.05, 3.63) is 52.7 Å². The second kappa shape index (κ2) is 12.3. The normalized spacial score (nSPS) is 20.3. The van der Waals surface area contributed by atoms with Gasteiger partial charge in [0, 0.05) is 37.5 Å². The van der Waals surface area contributed by atoms with Gasteiger partial charge < -0.3 is 19.9 Å². The van der Waals surface area contributed by atoms with Gasteiger partial charge in [0.05, 0.1) is 13.2 Å². The molecule has 2 atom stereocenters. The molecular weight excluding hydrogens is 466 g/mol. The average molecular weight is 508 g/mol. The van der Waals surface area contributed by atoms with Crippen molar-refractivity contribution in [1.29, 1.82) is 0 Å². The first-order chi connectivity index (χ1) is 18.1. The van der Waals surface area contributed by atoms with Crippen LogP contribution in [0, 0.1) is 5.92 Å². The Morgan fingerprint density at radius 3 is 2.89 bits per heavy atom. The van der Waals surface area contributed by atoms with E-state index in [9.17, 15) is 9.90 Å². The average Bonchev–Trinajstić information content (AvgIpc) is 3.61. The lowest BCUT2D eigenvalue weighted by molar-refractivity contribution is -0.143. The summed E-state index contributed by atoms with van der Waals surface area (Å²) in [4.78, 5) is 19.2. The zero-order valence-electron chi connectivity index (χ0n) is 22.1. The standard InChI is InChI=1S/C30H41N3O4/c1-36-27-13-10-22(18-21-8-9-21)19-26(27)28(30(34)35)33-16-14-25(20-33)37-17-4-2-3-7-24-12-11-23-6-5-15-31-29(23)32-24/h10-13,19,21,25,28H,2-9,14-18,20H2,1H3,(H,31,32)(H,34,35)/t25-,28+/m1/s1. The van der Waals surface area contributed by atoms with Crippen LogP contribution in [0.2, 0.25) is 0 Å². The SMILES string of the molecule is COc1ccc(CC2CC2)cc1[C@@H](C(=O)O)N1CC[C@@H](OCCCCCc2ccc3c(n2)NCCC3)C1. The molecule has 0 bridgehead atoms. The van der Waals surface area contributed by atoms with Crippen LogP contribution >= 0.6 is 0 Å². The molecule has 3 heterocycles. The van der Waals surface area contributed by atoms with E-state index < -0.39 is 12.0 Å². The van der Waals surface area contributed by atoms with Gasteiger partial charge >= 0.3 is 5.97 Å². The van der Waals surface area contributed by atoms with E-state index in [2.05, 4.69) is 29.6 Å². The van der Waals surface area contributed by atoms with Crippen LogP contribution in [0.4, 0.5) is 5.82 Å². The minimum atomic E-state index is -0.825. The summed E-state index contributed by atoms with van der Waals surface area (Å²) in [6.45, 7) is 3.09. The van der Waals surface area contributed by atoms with Gasteiger partial charge in [0.1, 0.15) is 17.6 Å². The second-order valence-electron chi connectivity index (χ2n) is 10.9. The number of nitrogens with one attached hydrogen (secondary N) is 1. The molecule has 1 aliphatic carbocycles. The highest BCUT2D eigenvalue weighted by Crippen LogP contribution is 2.37. The molecule has 0 radical (unpaired) electrons. The van der Waals surface area contributed by atoms with Crippen LogP contribution in [0.25, 0.3) is 0 Å². The fourth-order valence-corrected chi connectivity index (χ4v) is 5.73. The number of nitrogens with zero attached hydrogens (tertiary/aromatic N) is 2. The van der Waals surface area contributed by atoms with Crippen LogP contribution in [0.15, 0.2) is 30.3 Å². The Hall–Kier alpha value is -2.64. The zero-order chi connectivity index (χ0) is 25.6. The van der Waals surface area contributed by atoms with Crippen LogP contribution in [-0.2, 0) is 28.8 Å². The number of benzene rings is 1. The highest BCUT2D eigenvalue weighted by atomic mass is 16.5. The number of fused-ring (bicyclic) bond motifs is 1. The van der Waals surface area contributed by atoms with Crippen molar-refractivity contribution in [2.75, 3.05) is 38.7 Å². The number of carbonyl (C=O) groups is 1. The maximum absolute atomic E-state index is 12.4. The van der Waals surface area contributed by atoms with Gasteiger partial charge in [0.15, 0.2) is 0 Å². The first kappa shape index (κ1) is 26.0. The van der Waals surface area contributed by atoms with Crippen molar-refractivity contribution < 1.29 is 19.4 Å². The van der Waals surface area contributed by atoms with Gasteiger partial charge in [-0.3, -0.25) is 9.69 Å². The number of aromatic nitrogens is 1. The molecule has 2 aromatic rings. The molecule has 2 aliphatic heterocycles. The number of aryl methyl sites for hydroxylation is 2. The summed E-state index contributed by atoms with van der Waals surface area (Å²) >= 11 is 0. The summed E-state index contributed by atoms with van der Waals surface area (Å²) in [6, 6.07) is 9.75. The number of hydrogen-bond acceptors (Lipinski definition) is 6. The van der Waals surface area contributed by atoms with Crippen LogP contribution in [0.5, 0.6) is 5.75 Å². The van der Waals surface area contributed by atoms with E-state index in [1.165, 1.54) is 30.4 Å². The molecule has 1 saturated heterocycles. The molecule has 0 amide bonds. The Morgan fingerprint density at radius 2 is 2.08 bits per heavy atom. The zero-order valence-corrected chi connectivity index (χ0v) is 22.1. The number of rotatable bonds is 13. The third-order valence-electron chi connectivity index (χ3n) is 7.97. The van der Waals surface area contributed by atoms with Crippen molar-refractivity contribution in [1.82, 2.24) is 9.88 Å². The van der Waals surface area contributed by atoms with Gasteiger partial charge in [-0.05, 0) is 93.0 Å². The first-order valence-electron chi connectivity index (χ1n) is 14.1. The molecule has 5 rings (SSSR count). The molecule has 0 spiro atoms. The number of hydrogen-bond donors (Lipinski definition) is 2. The fraction of sp³-hybridized carbons (Fsp3) is 0.600. The van der Waals surface area contributed by atoms with Gasteiger partial charge in [-0.1, -0.05) is 18.6 Å². The topological polar surface area (TPSA) is 83.9 Å². The van der Waals surface area contributed by atoms with Crippen LogP contribution in [-0.4, -0.2) is 60.4 Å². The third-order valence-corrected chi connectivity index (χ3v) is 7.97. The first-order valence-corrected chi connectivity index (χ1v) is 14.1. The van der Waals surface area contributed by atoms with Crippen molar-refractivity contribution in [2.24, 2.45) is 5.92 Å². The van der Waals surface area contributed by atoms with E-state index in [-0.39, 0.29) is 6.10 Å². The predicted molar refractivity (Wildman–Crippen MR) is 144 cm³/mol. The Morgan fingerprint density at radius 1 is 1.19 bits per heavy atom. The maximum Gasteiger partial charge on any atom is 0.325 e. The quantitative estimate of drug-likeness (QED) is 0.368. The lowest BCUT2D eigenvalue weighted by Crippen LogP contribution is -2.34. The lowest BCUT2D eigenvalue weighted by Gasteiger charge is -2.26. The summed E-state index contributed by atoms with van der Waals surface area (Å²) in [7, 11) is 1.62. The second-order valence-corrected chi connectivity index (χ2v) is 10.9. The Balaban J connectivity index is 1.07. The summed E-state index contributed by atoms with van der Waals surface area (Å²) in [6.07, 6.45) is 11.0. The van der Waals surface area contributed by atoms with Crippen LogP contribution in [0.1, 0.15) is 73.4 Å². The summed E-state index contributed by atoms with van der Waals surface area (Å²) in [5, 5.41) is 13.6. The molecule has 1 aromatic carbocycles. The van der Waals surface area contributed by atoms with E-state index in [0.717, 1.165) is 87.6 Å². The predicted octanol–water partition coefficient (Wildman–Crippen LogP) is 5.03. The van der Waals surface area contributed by atoms with Gasteiger partial charge in [-0.25, -0.2) is 4.98 Å². The van der Waals surface area contributed by atoms with Gasteiger partial charge in [0.25, 0.3) is 0 Å². The van der Waals surface area contributed by atoms with Crippen LogP contribution < -0.4 is 10.1 Å². The maximum atomic E-state index is 12.4.